The summed E-state index contributed by atoms with van der Waals surface area (Å²) in [6.07, 6.45) is 5.22. The largest absolute Gasteiger partial charge is 0.309 e. The highest BCUT2D eigenvalue weighted by Crippen LogP contribution is 2.19. The van der Waals surface area contributed by atoms with Gasteiger partial charge in [-0.1, -0.05) is 36.8 Å². The van der Waals surface area contributed by atoms with Crippen molar-refractivity contribution in [2.75, 3.05) is 6.54 Å². The third-order valence-corrected chi connectivity index (χ3v) is 3.66. The predicted molar refractivity (Wildman–Crippen MR) is 83.7 cm³/mol. The number of aromatic nitrogens is 2. The van der Waals surface area contributed by atoms with Crippen LogP contribution < -0.4 is 5.32 Å². The molecule has 0 amide bonds. The lowest BCUT2D eigenvalue weighted by atomic mass is 10.0. The van der Waals surface area contributed by atoms with Crippen LogP contribution in [0.1, 0.15) is 42.6 Å². The molecular weight excluding hydrogens is 246 g/mol. The Labute approximate surface area is 122 Å². The number of benzene rings is 1. The lowest BCUT2D eigenvalue weighted by molar-refractivity contribution is 0.468. The Morgan fingerprint density at radius 2 is 2.15 bits per heavy atom. The summed E-state index contributed by atoms with van der Waals surface area (Å²) in [5, 5.41) is 7.93. The van der Waals surface area contributed by atoms with Gasteiger partial charge in [0.1, 0.15) is 0 Å². The van der Waals surface area contributed by atoms with Crippen molar-refractivity contribution in [3.8, 4) is 0 Å². The summed E-state index contributed by atoms with van der Waals surface area (Å²) in [7, 11) is 2.02. The predicted octanol–water partition coefficient (Wildman–Crippen LogP) is 3.40. The lowest BCUT2D eigenvalue weighted by Crippen LogP contribution is -2.24. The van der Waals surface area contributed by atoms with Crippen molar-refractivity contribution >= 4 is 0 Å². The van der Waals surface area contributed by atoms with Crippen LogP contribution >= 0.6 is 0 Å². The van der Waals surface area contributed by atoms with Gasteiger partial charge in [0.25, 0.3) is 0 Å². The van der Waals surface area contributed by atoms with Gasteiger partial charge in [0.05, 0.1) is 5.69 Å². The van der Waals surface area contributed by atoms with E-state index >= 15 is 0 Å². The topological polar surface area (TPSA) is 29.9 Å². The first-order valence-electron chi connectivity index (χ1n) is 7.47. The minimum atomic E-state index is 0.378. The van der Waals surface area contributed by atoms with E-state index in [9.17, 15) is 0 Å². The van der Waals surface area contributed by atoms with Gasteiger partial charge in [-0.25, -0.2) is 0 Å². The number of hydrogen-bond acceptors (Lipinski definition) is 2. The minimum absolute atomic E-state index is 0.378. The number of aryl methyl sites for hydroxylation is 3. The summed E-state index contributed by atoms with van der Waals surface area (Å²) in [5.74, 6) is 0. The number of nitrogens with zero attached hydrogens (tertiary/aromatic N) is 2. The molecule has 0 radical (unpaired) electrons. The van der Waals surface area contributed by atoms with Gasteiger partial charge in [-0.15, -0.1) is 0 Å². The van der Waals surface area contributed by atoms with E-state index in [1.807, 2.05) is 17.9 Å². The summed E-state index contributed by atoms with van der Waals surface area (Å²) < 4.78 is 1.98. The Hall–Kier alpha value is -1.61. The summed E-state index contributed by atoms with van der Waals surface area (Å²) in [5.41, 5.74) is 4.02. The number of nitrogens with one attached hydrogen (secondary N) is 1. The van der Waals surface area contributed by atoms with Crippen LogP contribution in [0, 0.1) is 6.92 Å². The van der Waals surface area contributed by atoms with Gasteiger partial charge in [0, 0.05) is 19.3 Å². The molecule has 0 spiro atoms. The first kappa shape index (κ1) is 14.8. The fourth-order valence-electron chi connectivity index (χ4n) is 2.58. The molecule has 3 heteroatoms. The third-order valence-electron chi connectivity index (χ3n) is 3.66. The Morgan fingerprint density at radius 3 is 2.80 bits per heavy atom. The molecule has 0 aliphatic rings. The highest BCUT2D eigenvalue weighted by molar-refractivity contribution is 5.22. The standard InChI is InChI=1S/C17H25N3/c1-4-11-18-16(17-10-12-19-20(17)3)9-8-15-7-5-6-14(2)13-15/h5-7,10,12-13,16,18H,4,8-9,11H2,1-3H3. The van der Waals surface area contributed by atoms with Crippen molar-refractivity contribution in [1.82, 2.24) is 15.1 Å². The maximum Gasteiger partial charge on any atom is 0.0550 e. The molecule has 20 heavy (non-hydrogen) atoms. The van der Waals surface area contributed by atoms with E-state index in [4.69, 9.17) is 0 Å². The summed E-state index contributed by atoms with van der Waals surface area (Å²) in [6.45, 7) is 5.40. The zero-order valence-corrected chi connectivity index (χ0v) is 12.8. The molecule has 0 aliphatic carbocycles. The van der Waals surface area contributed by atoms with Crippen LogP contribution in [-0.4, -0.2) is 16.3 Å². The average Bonchev–Trinajstić information content (AvgIpc) is 2.85. The monoisotopic (exact) mass is 271 g/mol. The maximum atomic E-state index is 4.29. The van der Waals surface area contributed by atoms with Gasteiger partial charge in [-0.2, -0.15) is 5.10 Å². The van der Waals surface area contributed by atoms with Crippen LogP contribution in [0.15, 0.2) is 36.5 Å². The Bertz CT molecular complexity index is 531. The van der Waals surface area contributed by atoms with E-state index in [0.717, 1.165) is 25.8 Å². The number of rotatable bonds is 7. The van der Waals surface area contributed by atoms with Crippen molar-refractivity contribution < 1.29 is 0 Å². The lowest BCUT2D eigenvalue weighted by Gasteiger charge is -2.19. The highest BCUT2D eigenvalue weighted by atomic mass is 15.3. The summed E-state index contributed by atoms with van der Waals surface area (Å²) in [4.78, 5) is 0. The van der Waals surface area contributed by atoms with Gasteiger partial charge in [-0.3, -0.25) is 4.68 Å². The van der Waals surface area contributed by atoms with E-state index in [1.54, 1.807) is 0 Å². The van der Waals surface area contributed by atoms with E-state index in [2.05, 4.69) is 54.6 Å². The van der Waals surface area contributed by atoms with E-state index < -0.39 is 0 Å². The molecule has 3 nitrogen and oxygen atoms in total. The Morgan fingerprint density at radius 1 is 1.30 bits per heavy atom. The zero-order valence-electron chi connectivity index (χ0n) is 12.8. The summed E-state index contributed by atoms with van der Waals surface area (Å²) >= 11 is 0. The molecule has 1 N–H and O–H groups in total. The molecule has 0 fully saturated rings. The first-order chi connectivity index (χ1) is 9.70. The highest BCUT2D eigenvalue weighted by Gasteiger charge is 2.14. The molecule has 1 heterocycles. The molecule has 1 atom stereocenters. The van der Waals surface area contributed by atoms with Crippen LogP contribution in [-0.2, 0) is 13.5 Å². The SMILES string of the molecule is CCCNC(CCc1cccc(C)c1)c1ccnn1C. The molecular formula is C17H25N3. The Kier molecular flexibility index (Phi) is 5.36. The molecule has 0 saturated carbocycles. The molecule has 1 aromatic heterocycles. The smallest absolute Gasteiger partial charge is 0.0550 e. The maximum absolute atomic E-state index is 4.29. The van der Waals surface area contributed by atoms with Crippen molar-refractivity contribution in [2.45, 2.75) is 39.2 Å². The normalized spacial score (nSPS) is 12.6. The van der Waals surface area contributed by atoms with Crippen molar-refractivity contribution in [2.24, 2.45) is 7.05 Å². The average molecular weight is 271 g/mol. The van der Waals surface area contributed by atoms with Gasteiger partial charge in [0.2, 0.25) is 0 Å². The first-order valence-corrected chi connectivity index (χ1v) is 7.47. The fraction of sp³-hybridized carbons (Fsp3) is 0.471. The fourth-order valence-corrected chi connectivity index (χ4v) is 2.58. The van der Waals surface area contributed by atoms with Crippen molar-refractivity contribution in [1.29, 1.82) is 0 Å². The van der Waals surface area contributed by atoms with Crippen LogP contribution in [0.4, 0.5) is 0 Å². The molecule has 0 aliphatic heterocycles. The molecule has 1 aromatic carbocycles. The van der Waals surface area contributed by atoms with Gasteiger partial charge in [0.15, 0.2) is 0 Å². The second-order valence-corrected chi connectivity index (χ2v) is 5.41. The van der Waals surface area contributed by atoms with Crippen LogP contribution in [0.2, 0.25) is 0 Å². The molecule has 108 valence electrons. The quantitative estimate of drug-likeness (QED) is 0.836. The van der Waals surface area contributed by atoms with E-state index in [1.165, 1.54) is 16.8 Å². The molecule has 0 saturated heterocycles. The van der Waals surface area contributed by atoms with Gasteiger partial charge in [-0.05, 0) is 44.4 Å². The van der Waals surface area contributed by atoms with Crippen LogP contribution in [0.25, 0.3) is 0 Å². The second kappa shape index (κ2) is 7.25. The molecule has 2 rings (SSSR count). The number of hydrogen-bond donors (Lipinski definition) is 1. The van der Waals surface area contributed by atoms with E-state index in [-0.39, 0.29) is 0 Å². The van der Waals surface area contributed by atoms with Gasteiger partial charge >= 0.3 is 0 Å². The molecule has 1 unspecified atom stereocenters. The molecule has 2 aromatic rings. The van der Waals surface area contributed by atoms with Crippen molar-refractivity contribution in [3.63, 3.8) is 0 Å². The minimum Gasteiger partial charge on any atom is -0.309 e. The Balaban J connectivity index is 2.03. The third kappa shape index (κ3) is 3.94. The summed E-state index contributed by atoms with van der Waals surface area (Å²) in [6, 6.07) is 11.3. The van der Waals surface area contributed by atoms with Gasteiger partial charge < -0.3 is 5.32 Å². The van der Waals surface area contributed by atoms with Crippen LogP contribution in [0.3, 0.4) is 0 Å². The zero-order chi connectivity index (χ0) is 14.4. The second-order valence-electron chi connectivity index (χ2n) is 5.41. The van der Waals surface area contributed by atoms with Crippen molar-refractivity contribution in [3.05, 3.63) is 53.3 Å². The van der Waals surface area contributed by atoms with E-state index in [0.29, 0.717) is 6.04 Å². The van der Waals surface area contributed by atoms with Crippen LogP contribution in [0.5, 0.6) is 0 Å². The molecule has 0 bridgehead atoms.